The van der Waals surface area contributed by atoms with Crippen molar-refractivity contribution in [1.29, 1.82) is 0 Å². The van der Waals surface area contributed by atoms with Crippen LogP contribution < -0.4 is 10.5 Å². The SMILES string of the molecule is COc1ccc(COC(=O)[C@@H](N)[C@@H](C)O)cc1. The van der Waals surface area contributed by atoms with Crippen LogP contribution >= 0.6 is 0 Å². The summed E-state index contributed by atoms with van der Waals surface area (Å²) in [6.45, 7) is 1.57. The molecule has 0 bridgehead atoms. The Hall–Kier alpha value is -1.59. The number of carbonyl (C=O) groups is 1. The van der Waals surface area contributed by atoms with E-state index in [0.717, 1.165) is 11.3 Å². The first kappa shape index (κ1) is 13.5. The van der Waals surface area contributed by atoms with Crippen molar-refractivity contribution in [3.63, 3.8) is 0 Å². The van der Waals surface area contributed by atoms with Gasteiger partial charge in [0.2, 0.25) is 0 Å². The van der Waals surface area contributed by atoms with Crippen LogP contribution in [0.15, 0.2) is 24.3 Å². The van der Waals surface area contributed by atoms with Crippen LogP contribution in [0, 0.1) is 0 Å². The summed E-state index contributed by atoms with van der Waals surface area (Å²) in [5, 5.41) is 9.11. The number of carbonyl (C=O) groups excluding carboxylic acids is 1. The average Bonchev–Trinajstić information content (AvgIpc) is 2.35. The van der Waals surface area contributed by atoms with Gasteiger partial charge < -0.3 is 20.3 Å². The zero-order valence-corrected chi connectivity index (χ0v) is 9.92. The van der Waals surface area contributed by atoms with Gasteiger partial charge in [-0.1, -0.05) is 12.1 Å². The Morgan fingerprint density at radius 3 is 2.47 bits per heavy atom. The minimum Gasteiger partial charge on any atom is -0.497 e. The second-order valence-electron chi connectivity index (χ2n) is 3.72. The molecule has 1 aromatic carbocycles. The van der Waals surface area contributed by atoms with Gasteiger partial charge in [-0.05, 0) is 24.6 Å². The third-order valence-corrected chi connectivity index (χ3v) is 2.33. The molecule has 5 heteroatoms. The first-order valence-corrected chi connectivity index (χ1v) is 5.28. The molecule has 0 aliphatic rings. The molecule has 0 saturated heterocycles. The molecule has 0 heterocycles. The fraction of sp³-hybridized carbons (Fsp3) is 0.417. The number of benzene rings is 1. The average molecular weight is 239 g/mol. The molecule has 0 aliphatic heterocycles. The lowest BCUT2D eigenvalue weighted by Gasteiger charge is -2.13. The Morgan fingerprint density at radius 2 is 2.00 bits per heavy atom. The molecular formula is C12H17NO4. The largest absolute Gasteiger partial charge is 0.497 e. The fourth-order valence-corrected chi connectivity index (χ4v) is 1.17. The van der Waals surface area contributed by atoms with Crippen molar-refractivity contribution in [3.8, 4) is 5.75 Å². The standard InChI is InChI=1S/C12H17NO4/c1-8(14)11(13)12(15)17-7-9-3-5-10(16-2)6-4-9/h3-6,8,11,14H,7,13H2,1-2H3/t8-,11+/m1/s1. The van der Waals surface area contributed by atoms with Gasteiger partial charge in [0, 0.05) is 0 Å². The van der Waals surface area contributed by atoms with Gasteiger partial charge in [-0.25, -0.2) is 0 Å². The van der Waals surface area contributed by atoms with Gasteiger partial charge >= 0.3 is 5.97 Å². The first-order valence-electron chi connectivity index (χ1n) is 5.28. The zero-order chi connectivity index (χ0) is 12.8. The maximum Gasteiger partial charge on any atom is 0.325 e. The smallest absolute Gasteiger partial charge is 0.325 e. The second-order valence-corrected chi connectivity index (χ2v) is 3.72. The maximum atomic E-state index is 11.3. The number of hydrogen-bond donors (Lipinski definition) is 2. The molecule has 0 aromatic heterocycles. The van der Waals surface area contributed by atoms with Crippen LogP contribution in [0.3, 0.4) is 0 Å². The molecule has 5 nitrogen and oxygen atoms in total. The molecule has 94 valence electrons. The molecule has 1 aromatic rings. The molecule has 0 unspecified atom stereocenters. The lowest BCUT2D eigenvalue weighted by Crippen LogP contribution is -2.41. The summed E-state index contributed by atoms with van der Waals surface area (Å²) in [5.74, 6) is 0.122. The Labute approximate surface area is 100 Å². The highest BCUT2D eigenvalue weighted by molar-refractivity contribution is 5.76. The number of hydrogen-bond acceptors (Lipinski definition) is 5. The molecule has 0 saturated carbocycles. The van der Waals surface area contributed by atoms with Crippen molar-refractivity contribution in [2.75, 3.05) is 7.11 Å². The summed E-state index contributed by atoms with van der Waals surface area (Å²) < 4.78 is 9.96. The topological polar surface area (TPSA) is 81.8 Å². The number of aliphatic hydroxyl groups is 1. The van der Waals surface area contributed by atoms with E-state index < -0.39 is 18.1 Å². The van der Waals surface area contributed by atoms with E-state index in [2.05, 4.69) is 0 Å². The van der Waals surface area contributed by atoms with E-state index in [0.29, 0.717) is 0 Å². The number of nitrogens with two attached hydrogens (primary N) is 1. The lowest BCUT2D eigenvalue weighted by molar-refractivity contribution is -0.149. The molecule has 0 spiro atoms. The molecular weight excluding hydrogens is 222 g/mol. The number of aliphatic hydroxyl groups excluding tert-OH is 1. The van der Waals surface area contributed by atoms with Gasteiger partial charge in [0.1, 0.15) is 18.4 Å². The number of ether oxygens (including phenoxy) is 2. The highest BCUT2D eigenvalue weighted by atomic mass is 16.5. The normalized spacial score (nSPS) is 13.9. The predicted octanol–water partition coefficient (Wildman–Crippen LogP) is 0.447. The van der Waals surface area contributed by atoms with Gasteiger partial charge in [0.25, 0.3) is 0 Å². The minimum atomic E-state index is -1.01. The van der Waals surface area contributed by atoms with Crippen molar-refractivity contribution in [2.24, 2.45) is 5.73 Å². The molecule has 0 radical (unpaired) electrons. The zero-order valence-electron chi connectivity index (χ0n) is 9.92. The molecule has 0 amide bonds. The Kier molecular flexibility index (Phi) is 4.93. The van der Waals surface area contributed by atoms with Gasteiger partial charge in [0.15, 0.2) is 0 Å². The van der Waals surface area contributed by atoms with Gasteiger partial charge in [-0.3, -0.25) is 4.79 Å². The third-order valence-electron chi connectivity index (χ3n) is 2.33. The summed E-state index contributed by atoms with van der Waals surface area (Å²) in [7, 11) is 1.58. The van der Waals surface area contributed by atoms with Crippen molar-refractivity contribution >= 4 is 5.97 Å². The summed E-state index contributed by atoms with van der Waals surface area (Å²) in [4.78, 5) is 11.3. The first-order chi connectivity index (χ1) is 8.04. The Balaban J connectivity index is 2.47. The van der Waals surface area contributed by atoms with E-state index in [1.165, 1.54) is 6.92 Å². The van der Waals surface area contributed by atoms with E-state index in [1.807, 2.05) is 0 Å². The summed E-state index contributed by atoms with van der Waals surface area (Å²) in [6, 6.07) is 6.13. The van der Waals surface area contributed by atoms with E-state index in [1.54, 1.807) is 31.4 Å². The molecule has 0 aliphatic carbocycles. The van der Waals surface area contributed by atoms with Crippen LogP contribution in [0.1, 0.15) is 12.5 Å². The highest BCUT2D eigenvalue weighted by Crippen LogP contribution is 2.12. The monoisotopic (exact) mass is 239 g/mol. The number of esters is 1. The van der Waals surface area contributed by atoms with E-state index >= 15 is 0 Å². The highest BCUT2D eigenvalue weighted by Gasteiger charge is 2.20. The van der Waals surface area contributed by atoms with Crippen molar-refractivity contribution < 1.29 is 19.4 Å². The molecule has 1 rings (SSSR count). The van der Waals surface area contributed by atoms with Crippen molar-refractivity contribution in [1.82, 2.24) is 0 Å². The van der Waals surface area contributed by atoms with Crippen molar-refractivity contribution in [3.05, 3.63) is 29.8 Å². The van der Waals surface area contributed by atoms with Crippen LogP contribution in [0.25, 0.3) is 0 Å². The Bertz CT molecular complexity index is 361. The van der Waals surface area contributed by atoms with Crippen LogP contribution in [0.4, 0.5) is 0 Å². The maximum absolute atomic E-state index is 11.3. The van der Waals surface area contributed by atoms with Gasteiger partial charge in [-0.2, -0.15) is 0 Å². The van der Waals surface area contributed by atoms with Crippen LogP contribution in [-0.2, 0) is 16.1 Å². The van der Waals surface area contributed by atoms with Crippen LogP contribution in [-0.4, -0.2) is 30.3 Å². The quantitative estimate of drug-likeness (QED) is 0.729. The fourth-order valence-electron chi connectivity index (χ4n) is 1.17. The summed E-state index contributed by atoms with van der Waals surface area (Å²) in [5.41, 5.74) is 6.26. The van der Waals surface area contributed by atoms with Crippen LogP contribution in [0.2, 0.25) is 0 Å². The molecule has 2 atom stereocenters. The number of rotatable bonds is 5. The number of methoxy groups -OCH3 is 1. The predicted molar refractivity (Wildman–Crippen MR) is 62.4 cm³/mol. The minimum absolute atomic E-state index is 0.128. The van der Waals surface area contributed by atoms with E-state index in [-0.39, 0.29) is 6.61 Å². The van der Waals surface area contributed by atoms with Crippen LogP contribution in [0.5, 0.6) is 5.75 Å². The lowest BCUT2D eigenvalue weighted by atomic mass is 10.2. The van der Waals surface area contributed by atoms with Crippen molar-refractivity contribution in [2.45, 2.75) is 25.7 Å². The third kappa shape index (κ3) is 4.05. The molecule has 17 heavy (non-hydrogen) atoms. The van der Waals surface area contributed by atoms with E-state index in [9.17, 15) is 4.79 Å². The van der Waals surface area contributed by atoms with Gasteiger partial charge in [0.05, 0.1) is 13.2 Å². The summed E-state index contributed by atoms with van der Waals surface area (Å²) >= 11 is 0. The summed E-state index contributed by atoms with van der Waals surface area (Å²) in [6.07, 6.45) is -0.918. The molecule has 0 fully saturated rings. The second kappa shape index (κ2) is 6.22. The molecule has 3 N–H and O–H groups in total. The van der Waals surface area contributed by atoms with Gasteiger partial charge in [-0.15, -0.1) is 0 Å². The Morgan fingerprint density at radius 1 is 1.41 bits per heavy atom. The van der Waals surface area contributed by atoms with E-state index in [4.69, 9.17) is 20.3 Å².